The van der Waals surface area contributed by atoms with Crippen molar-refractivity contribution >= 4 is 26.8 Å². The van der Waals surface area contributed by atoms with Gasteiger partial charge in [-0.2, -0.15) is 13.2 Å². The zero-order valence-electron chi connectivity index (χ0n) is 7.73. The maximum Gasteiger partial charge on any atom is 0.421 e. The average molecular weight is 292 g/mol. The van der Waals surface area contributed by atoms with Gasteiger partial charge in [0.05, 0.1) is 0 Å². The molecule has 2 aromatic rings. The van der Waals surface area contributed by atoms with Gasteiger partial charge in [-0.3, -0.25) is 4.79 Å². The molecule has 0 aliphatic carbocycles. The van der Waals surface area contributed by atoms with Gasteiger partial charge in [-0.05, 0) is 29.7 Å². The molecule has 6 heteroatoms. The van der Waals surface area contributed by atoms with Crippen molar-refractivity contribution in [2.24, 2.45) is 0 Å². The van der Waals surface area contributed by atoms with Crippen molar-refractivity contribution in [1.29, 1.82) is 0 Å². The number of alkyl halides is 3. The fourth-order valence-corrected chi connectivity index (χ4v) is 1.77. The van der Waals surface area contributed by atoms with Crippen molar-refractivity contribution in [2.75, 3.05) is 0 Å². The van der Waals surface area contributed by atoms with E-state index in [1.54, 1.807) is 12.1 Å². The van der Waals surface area contributed by atoms with Gasteiger partial charge in [-0.25, -0.2) is 0 Å². The third-order valence-corrected chi connectivity index (χ3v) is 2.60. The van der Waals surface area contributed by atoms with Gasteiger partial charge in [-0.15, -0.1) is 0 Å². The van der Waals surface area contributed by atoms with E-state index in [-0.39, 0.29) is 0 Å². The molecule has 1 aromatic carbocycles. The van der Waals surface area contributed by atoms with Crippen LogP contribution in [0, 0.1) is 0 Å². The first-order valence-electron chi connectivity index (χ1n) is 4.28. The van der Waals surface area contributed by atoms with E-state index in [9.17, 15) is 18.0 Å². The molecule has 2 rings (SSSR count). The SMILES string of the molecule is O=c1[nH]c2ccc(Br)cc2cc1C(F)(F)F. The predicted octanol–water partition coefficient (Wildman–Crippen LogP) is 3.31. The van der Waals surface area contributed by atoms with Crippen molar-refractivity contribution in [3.63, 3.8) is 0 Å². The highest BCUT2D eigenvalue weighted by Gasteiger charge is 2.34. The first kappa shape index (κ1) is 11.2. The van der Waals surface area contributed by atoms with Crippen LogP contribution in [0.3, 0.4) is 0 Å². The van der Waals surface area contributed by atoms with E-state index in [0.29, 0.717) is 15.4 Å². The van der Waals surface area contributed by atoms with E-state index < -0.39 is 17.3 Å². The Morgan fingerprint density at radius 1 is 1.19 bits per heavy atom. The number of hydrogen-bond donors (Lipinski definition) is 1. The van der Waals surface area contributed by atoms with E-state index >= 15 is 0 Å². The van der Waals surface area contributed by atoms with E-state index in [1.165, 1.54) is 6.07 Å². The topological polar surface area (TPSA) is 32.9 Å². The predicted molar refractivity (Wildman–Crippen MR) is 57.3 cm³/mol. The van der Waals surface area contributed by atoms with Gasteiger partial charge < -0.3 is 4.98 Å². The Labute approximate surface area is 96.2 Å². The van der Waals surface area contributed by atoms with Crippen molar-refractivity contribution in [3.8, 4) is 0 Å². The molecule has 0 saturated carbocycles. The second-order valence-corrected chi connectivity index (χ2v) is 4.16. The van der Waals surface area contributed by atoms with Crippen LogP contribution in [0.1, 0.15) is 5.56 Å². The van der Waals surface area contributed by atoms with E-state index in [0.717, 1.165) is 6.07 Å². The summed E-state index contributed by atoms with van der Waals surface area (Å²) in [6.45, 7) is 0. The molecule has 0 atom stereocenters. The van der Waals surface area contributed by atoms with Crippen LogP contribution in [0.25, 0.3) is 10.9 Å². The van der Waals surface area contributed by atoms with Gasteiger partial charge in [0.25, 0.3) is 5.56 Å². The summed E-state index contributed by atoms with van der Waals surface area (Å²) in [6, 6.07) is 5.55. The molecule has 0 bridgehead atoms. The molecule has 0 aliphatic heterocycles. The minimum Gasteiger partial charge on any atom is -0.321 e. The van der Waals surface area contributed by atoms with Crippen LogP contribution in [-0.2, 0) is 6.18 Å². The highest BCUT2D eigenvalue weighted by molar-refractivity contribution is 9.10. The molecular weight excluding hydrogens is 287 g/mol. The Morgan fingerprint density at radius 3 is 2.50 bits per heavy atom. The van der Waals surface area contributed by atoms with Crippen molar-refractivity contribution in [3.05, 3.63) is 44.7 Å². The standard InChI is InChI=1S/C10H5BrF3NO/c11-6-1-2-8-5(3-6)4-7(9(16)15-8)10(12,13)14/h1-4H,(H,15,16). The number of aromatic nitrogens is 1. The van der Waals surface area contributed by atoms with Crippen molar-refractivity contribution < 1.29 is 13.2 Å². The number of hydrogen-bond acceptors (Lipinski definition) is 1. The molecule has 0 unspecified atom stereocenters. The maximum absolute atomic E-state index is 12.4. The van der Waals surface area contributed by atoms with Crippen LogP contribution < -0.4 is 5.56 Å². The second-order valence-electron chi connectivity index (χ2n) is 3.24. The third-order valence-electron chi connectivity index (χ3n) is 2.11. The largest absolute Gasteiger partial charge is 0.421 e. The summed E-state index contributed by atoms with van der Waals surface area (Å²) in [4.78, 5) is 13.4. The van der Waals surface area contributed by atoms with Crippen LogP contribution in [0.5, 0.6) is 0 Å². The van der Waals surface area contributed by atoms with E-state index in [1.807, 2.05) is 0 Å². The lowest BCUT2D eigenvalue weighted by Gasteiger charge is -2.06. The van der Waals surface area contributed by atoms with Gasteiger partial charge in [-0.1, -0.05) is 15.9 Å². The summed E-state index contributed by atoms with van der Waals surface area (Å²) >= 11 is 3.15. The van der Waals surface area contributed by atoms with Crippen molar-refractivity contribution in [2.45, 2.75) is 6.18 Å². The monoisotopic (exact) mass is 291 g/mol. The molecule has 0 aliphatic rings. The minimum atomic E-state index is -4.63. The molecule has 0 saturated heterocycles. The van der Waals surface area contributed by atoms with Gasteiger partial charge in [0.15, 0.2) is 0 Å². The molecular formula is C10H5BrF3NO. The molecule has 1 heterocycles. The van der Waals surface area contributed by atoms with Gasteiger partial charge in [0.1, 0.15) is 5.56 Å². The zero-order valence-corrected chi connectivity index (χ0v) is 9.32. The summed E-state index contributed by atoms with van der Waals surface area (Å²) in [7, 11) is 0. The highest BCUT2D eigenvalue weighted by Crippen LogP contribution is 2.28. The molecule has 1 N–H and O–H groups in total. The molecule has 16 heavy (non-hydrogen) atoms. The Morgan fingerprint density at radius 2 is 1.88 bits per heavy atom. The van der Waals surface area contributed by atoms with Crippen LogP contribution in [0.15, 0.2) is 33.5 Å². The van der Waals surface area contributed by atoms with Crippen molar-refractivity contribution in [1.82, 2.24) is 4.98 Å². The van der Waals surface area contributed by atoms with Gasteiger partial charge in [0.2, 0.25) is 0 Å². The summed E-state index contributed by atoms with van der Waals surface area (Å²) in [5, 5.41) is 0.335. The van der Waals surface area contributed by atoms with Gasteiger partial charge >= 0.3 is 6.18 Å². The number of H-pyrrole nitrogens is 1. The zero-order chi connectivity index (χ0) is 11.9. The average Bonchev–Trinajstić information content (AvgIpc) is 2.16. The van der Waals surface area contributed by atoms with Crippen LogP contribution in [0.4, 0.5) is 13.2 Å². The normalized spacial score (nSPS) is 12.0. The van der Waals surface area contributed by atoms with Gasteiger partial charge in [0, 0.05) is 9.99 Å². The maximum atomic E-state index is 12.4. The number of halogens is 4. The number of fused-ring (bicyclic) bond motifs is 1. The van der Waals surface area contributed by atoms with E-state index in [4.69, 9.17) is 0 Å². The van der Waals surface area contributed by atoms with E-state index in [2.05, 4.69) is 20.9 Å². The number of nitrogens with one attached hydrogen (secondary N) is 1. The first-order valence-corrected chi connectivity index (χ1v) is 5.07. The molecule has 0 spiro atoms. The lowest BCUT2D eigenvalue weighted by atomic mass is 10.1. The fraction of sp³-hybridized carbons (Fsp3) is 0.100. The number of benzene rings is 1. The molecule has 0 amide bonds. The molecule has 0 radical (unpaired) electrons. The molecule has 84 valence electrons. The first-order chi connectivity index (χ1) is 7.38. The third kappa shape index (κ3) is 1.97. The summed E-state index contributed by atoms with van der Waals surface area (Å²) in [6.07, 6.45) is -4.63. The molecule has 2 nitrogen and oxygen atoms in total. The van der Waals surface area contributed by atoms with Crippen LogP contribution >= 0.6 is 15.9 Å². The lowest BCUT2D eigenvalue weighted by Crippen LogP contribution is -2.20. The quantitative estimate of drug-likeness (QED) is 0.794. The number of rotatable bonds is 0. The molecule has 0 fully saturated rings. The Bertz CT molecular complexity index is 603. The lowest BCUT2D eigenvalue weighted by molar-refractivity contribution is -0.138. The Kier molecular flexibility index (Phi) is 2.53. The summed E-state index contributed by atoms with van der Waals surface area (Å²) < 4.78 is 38.0. The van der Waals surface area contributed by atoms with Crippen LogP contribution in [0.2, 0.25) is 0 Å². The number of aromatic amines is 1. The molecule has 1 aromatic heterocycles. The highest BCUT2D eigenvalue weighted by atomic mass is 79.9. The summed E-state index contributed by atoms with van der Waals surface area (Å²) in [5.74, 6) is 0. The fourth-order valence-electron chi connectivity index (χ4n) is 1.39. The summed E-state index contributed by atoms with van der Waals surface area (Å²) in [5.41, 5.74) is -1.93. The Balaban J connectivity index is 2.79. The second kappa shape index (κ2) is 3.62. The Hall–Kier alpha value is -1.30. The number of pyridine rings is 1. The van der Waals surface area contributed by atoms with Crippen LogP contribution in [-0.4, -0.2) is 4.98 Å². The minimum absolute atomic E-state index is 0.335. The smallest absolute Gasteiger partial charge is 0.321 e.